The minimum absolute atomic E-state index is 0.0775. The van der Waals surface area contributed by atoms with Crippen molar-refractivity contribution in [3.63, 3.8) is 0 Å². The predicted octanol–water partition coefficient (Wildman–Crippen LogP) is 6.04. The van der Waals surface area contributed by atoms with E-state index in [-0.39, 0.29) is 18.4 Å². The first-order valence-corrected chi connectivity index (χ1v) is 12.6. The first-order chi connectivity index (χ1) is 18.3. The van der Waals surface area contributed by atoms with Crippen LogP contribution in [0.5, 0.6) is 11.6 Å². The summed E-state index contributed by atoms with van der Waals surface area (Å²) in [4.78, 5) is 2.09. The monoisotopic (exact) mass is 521 g/mol. The third-order valence-corrected chi connectivity index (χ3v) is 6.20. The van der Waals surface area contributed by atoms with Crippen molar-refractivity contribution in [3.8, 4) is 17.3 Å². The Kier molecular flexibility index (Phi) is 9.23. The maximum Gasteiger partial charge on any atom is 0.227 e. The van der Waals surface area contributed by atoms with E-state index >= 15 is 0 Å². The number of hydrogen-bond donors (Lipinski definition) is 1. The summed E-state index contributed by atoms with van der Waals surface area (Å²) < 4.78 is 41.5. The number of rotatable bonds is 12. The van der Waals surface area contributed by atoms with Crippen LogP contribution in [0.15, 0.2) is 78.9 Å². The summed E-state index contributed by atoms with van der Waals surface area (Å²) in [6.45, 7) is 7.29. The lowest BCUT2D eigenvalue weighted by atomic mass is 10.2. The minimum atomic E-state index is -0.805. The van der Waals surface area contributed by atoms with Gasteiger partial charge in [-0.1, -0.05) is 48.5 Å². The van der Waals surface area contributed by atoms with Gasteiger partial charge in [-0.3, -0.25) is 4.90 Å². The molecule has 0 unspecified atom stereocenters. The Labute approximate surface area is 222 Å². The van der Waals surface area contributed by atoms with Crippen LogP contribution in [0.25, 0.3) is 5.69 Å². The quantitative estimate of drug-likeness (QED) is 0.246. The van der Waals surface area contributed by atoms with Crippen molar-refractivity contribution in [2.24, 2.45) is 0 Å². The summed E-state index contributed by atoms with van der Waals surface area (Å²) in [5, 5.41) is 15.4. The molecule has 0 amide bonds. The average molecular weight is 522 g/mol. The number of para-hydroxylation sites is 1. The number of benzene rings is 3. The molecular weight excluding hydrogens is 488 g/mol. The summed E-state index contributed by atoms with van der Waals surface area (Å²) >= 11 is 0. The molecule has 0 saturated heterocycles. The molecule has 3 aromatic carbocycles. The zero-order valence-electron chi connectivity index (χ0n) is 21.8. The van der Waals surface area contributed by atoms with E-state index in [1.807, 2.05) is 81.4 Å². The fourth-order valence-electron chi connectivity index (χ4n) is 4.10. The van der Waals surface area contributed by atoms with Crippen molar-refractivity contribution >= 4 is 0 Å². The zero-order chi connectivity index (χ0) is 27.1. The molecule has 0 aliphatic rings. The average Bonchev–Trinajstić information content (AvgIpc) is 3.21. The molecule has 0 bridgehead atoms. The molecular formula is C30H33F2N3O3. The molecule has 1 aromatic heterocycles. The van der Waals surface area contributed by atoms with Gasteiger partial charge in [-0.05, 0) is 50.6 Å². The van der Waals surface area contributed by atoms with Crippen LogP contribution in [0, 0.1) is 18.6 Å². The molecule has 200 valence electrons. The molecule has 0 spiro atoms. The summed E-state index contributed by atoms with van der Waals surface area (Å²) in [5.74, 6) is -1.26. The maximum atomic E-state index is 14.6. The number of aliphatic hydroxyl groups excluding tert-OH is 1. The normalized spacial score (nSPS) is 12.3. The number of aromatic nitrogens is 2. The van der Waals surface area contributed by atoms with Gasteiger partial charge in [0.1, 0.15) is 5.82 Å². The van der Waals surface area contributed by atoms with Gasteiger partial charge in [0, 0.05) is 25.2 Å². The topological polar surface area (TPSA) is 59.8 Å². The Morgan fingerprint density at radius 2 is 1.66 bits per heavy atom. The Morgan fingerprint density at radius 1 is 0.974 bits per heavy atom. The molecule has 0 radical (unpaired) electrons. The van der Waals surface area contributed by atoms with Crippen LogP contribution in [0.4, 0.5) is 8.78 Å². The first kappa shape index (κ1) is 27.4. The van der Waals surface area contributed by atoms with Gasteiger partial charge in [0.15, 0.2) is 11.6 Å². The highest BCUT2D eigenvalue weighted by Gasteiger charge is 2.24. The summed E-state index contributed by atoms with van der Waals surface area (Å²) in [5.41, 5.74) is 3.22. The van der Waals surface area contributed by atoms with Crippen molar-refractivity contribution in [2.45, 2.75) is 46.1 Å². The highest BCUT2D eigenvalue weighted by atomic mass is 19.1. The van der Waals surface area contributed by atoms with Crippen LogP contribution < -0.4 is 4.74 Å². The van der Waals surface area contributed by atoms with Gasteiger partial charge < -0.3 is 14.6 Å². The van der Waals surface area contributed by atoms with E-state index in [4.69, 9.17) is 9.47 Å². The van der Waals surface area contributed by atoms with Gasteiger partial charge in [-0.2, -0.15) is 5.10 Å². The van der Waals surface area contributed by atoms with Crippen molar-refractivity contribution < 1.29 is 23.4 Å². The van der Waals surface area contributed by atoms with Gasteiger partial charge in [0.25, 0.3) is 0 Å². The summed E-state index contributed by atoms with van der Waals surface area (Å²) in [6.07, 6.45) is -0.718. The second kappa shape index (κ2) is 12.8. The third-order valence-electron chi connectivity index (χ3n) is 6.20. The Morgan fingerprint density at radius 3 is 2.32 bits per heavy atom. The van der Waals surface area contributed by atoms with E-state index in [2.05, 4.69) is 10.00 Å². The second-order valence-electron chi connectivity index (χ2n) is 9.47. The molecule has 4 aromatic rings. The van der Waals surface area contributed by atoms with E-state index in [0.29, 0.717) is 31.3 Å². The number of ether oxygens (including phenoxy) is 2. The zero-order valence-corrected chi connectivity index (χ0v) is 21.8. The predicted molar refractivity (Wildman–Crippen MR) is 142 cm³/mol. The van der Waals surface area contributed by atoms with Crippen LogP contribution in [0.1, 0.15) is 30.7 Å². The van der Waals surface area contributed by atoms with Gasteiger partial charge in [-0.25, -0.2) is 13.5 Å². The van der Waals surface area contributed by atoms with Crippen LogP contribution in [0.2, 0.25) is 0 Å². The van der Waals surface area contributed by atoms with Gasteiger partial charge >= 0.3 is 0 Å². The smallest absolute Gasteiger partial charge is 0.227 e. The van der Waals surface area contributed by atoms with Crippen LogP contribution >= 0.6 is 0 Å². The molecule has 6 nitrogen and oxygen atoms in total. The molecule has 1 N–H and O–H groups in total. The number of aliphatic hydroxyl groups is 1. The van der Waals surface area contributed by atoms with Crippen molar-refractivity contribution in [1.82, 2.24) is 14.7 Å². The molecule has 8 heteroatoms. The lowest BCUT2D eigenvalue weighted by molar-refractivity contribution is 0.00300. The third kappa shape index (κ3) is 7.04. The fourth-order valence-corrected chi connectivity index (χ4v) is 4.10. The van der Waals surface area contributed by atoms with Crippen LogP contribution in [-0.2, 0) is 17.9 Å². The second-order valence-corrected chi connectivity index (χ2v) is 9.47. The number of nitrogens with zero attached hydrogens (tertiary/aromatic N) is 3. The van der Waals surface area contributed by atoms with Gasteiger partial charge in [0.2, 0.25) is 5.88 Å². The SMILES string of the molecule is Cc1nn(-c2ccccc2)c(Oc2ccc(F)cc2F)c1CN(C[C@H](O)COCc1ccccc1)C(C)C. The van der Waals surface area contributed by atoms with E-state index in [1.165, 1.54) is 6.07 Å². The summed E-state index contributed by atoms with van der Waals surface area (Å²) in [7, 11) is 0. The lowest BCUT2D eigenvalue weighted by Gasteiger charge is -2.29. The van der Waals surface area contributed by atoms with E-state index in [1.54, 1.807) is 4.68 Å². The molecule has 0 saturated carbocycles. The molecule has 4 rings (SSSR count). The Bertz CT molecular complexity index is 1310. The van der Waals surface area contributed by atoms with E-state index in [9.17, 15) is 13.9 Å². The molecule has 1 atom stereocenters. The number of hydrogen-bond acceptors (Lipinski definition) is 5. The first-order valence-electron chi connectivity index (χ1n) is 12.6. The van der Waals surface area contributed by atoms with E-state index in [0.717, 1.165) is 28.9 Å². The van der Waals surface area contributed by atoms with Gasteiger partial charge in [0.05, 0.1) is 36.3 Å². The fraction of sp³-hybridized carbons (Fsp3) is 0.300. The molecule has 0 aliphatic carbocycles. The Balaban J connectivity index is 1.56. The largest absolute Gasteiger partial charge is 0.435 e. The van der Waals surface area contributed by atoms with Crippen molar-refractivity contribution in [1.29, 1.82) is 0 Å². The van der Waals surface area contributed by atoms with Crippen LogP contribution in [0.3, 0.4) is 0 Å². The maximum absolute atomic E-state index is 14.6. The lowest BCUT2D eigenvalue weighted by Crippen LogP contribution is -2.39. The molecule has 0 fully saturated rings. The highest BCUT2D eigenvalue weighted by Crippen LogP contribution is 2.33. The minimum Gasteiger partial charge on any atom is -0.435 e. The van der Waals surface area contributed by atoms with Crippen molar-refractivity contribution in [2.75, 3.05) is 13.2 Å². The molecule has 38 heavy (non-hydrogen) atoms. The Hall–Kier alpha value is -3.59. The highest BCUT2D eigenvalue weighted by molar-refractivity contribution is 5.43. The molecule has 0 aliphatic heterocycles. The standard InChI is InChI=1S/C30H33F2N3O3/c1-21(2)34(17-26(36)20-37-19-23-10-6-4-7-11-23)18-27-22(3)33-35(25-12-8-5-9-13-25)30(27)38-29-15-14-24(31)16-28(29)32/h4-16,21,26,36H,17-20H2,1-3H3/t26-/m0/s1. The van der Waals surface area contributed by atoms with E-state index < -0.39 is 17.7 Å². The summed E-state index contributed by atoms with van der Waals surface area (Å²) in [6, 6.07) is 22.5. The van der Waals surface area contributed by atoms with Crippen LogP contribution in [-0.4, -0.2) is 45.1 Å². The van der Waals surface area contributed by atoms with Gasteiger partial charge in [-0.15, -0.1) is 0 Å². The number of aryl methyl sites for hydroxylation is 1. The number of halogens is 2. The molecule has 1 heterocycles. The van der Waals surface area contributed by atoms with Crippen molar-refractivity contribution in [3.05, 3.63) is 107 Å².